The summed E-state index contributed by atoms with van der Waals surface area (Å²) in [5.41, 5.74) is 0.939. The van der Waals surface area contributed by atoms with Crippen LogP contribution in [-0.4, -0.2) is 41.5 Å². The second-order valence-electron chi connectivity index (χ2n) is 8.83. The molecule has 1 amide bonds. The predicted octanol–water partition coefficient (Wildman–Crippen LogP) is 5.53. The largest absolute Gasteiger partial charge is 0.481 e. The predicted molar refractivity (Wildman–Crippen MR) is 128 cm³/mol. The number of rotatable bonds is 8. The van der Waals surface area contributed by atoms with E-state index in [1.807, 2.05) is 67.4 Å². The number of hydrogen-bond acceptors (Lipinski definition) is 3. The standard InChI is InChI=1S/C25H30Cl2N2O3/c1-4-20(15-28-3)29-23(16-8-10-18(26)11-9-16)21(17-6-5-7-19(27)12-17)13-25(2,24(29)32)14-22(30)31/h5-12,20-21,23,28H,4,13-15H2,1-3H3,(H,30,31)/t20?,21-,23-,25-/m1/s1. The molecule has 0 aliphatic carbocycles. The van der Waals surface area contributed by atoms with Crippen molar-refractivity contribution >= 4 is 35.1 Å². The van der Waals surface area contributed by atoms with E-state index in [0.29, 0.717) is 23.0 Å². The quantitative estimate of drug-likeness (QED) is 0.525. The SMILES string of the molecule is CCC(CNC)N1C(=O)[C@@](C)(CC(=O)O)C[C@H](c2cccc(Cl)c2)[C@H]1c1ccc(Cl)cc1. The Labute approximate surface area is 199 Å². The van der Waals surface area contributed by atoms with Crippen molar-refractivity contribution in [1.29, 1.82) is 0 Å². The van der Waals surface area contributed by atoms with Gasteiger partial charge in [0.05, 0.1) is 17.9 Å². The van der Waals surface area contributed by atoms with Crippen LogP contribution in [0.1, 0.15) is 56.2 Å². The summed E-state index contributed by atoms with van der Waals surface area (Å²) < 4.78 is 0. The van der Waals surface area contributed by atoms with Gasteiger partial charge in [-0.3, -0.25) is 9.59 Å². The van der Waals surface area contributed by atoms with E-state index in [4.69, 9.17) is 23.2 Å². The van der Waals surface area contributed by atoms with Gasteiger partial charge in [0.25, 0.3) is 0 Å². The van der Waals surface area contributed by atoms with E-state index in [0.717, 1.165) is 17.5 Å². The normalized spacial score (nSPS) is 24.4. The number of likely N-dealkylation sites (N-methyl/N-ethyl adjacent to an activating group) is 1. The summed E-state index contributed by atoms with van der Waals surface area (Å²) >= 11 is 12.5. The third-order valence-electron chi connectivity index (χ3n) is 6.44. The molecule has 32 heavy (non-hydrogen) atoms. The zero-order valence-electron chi connectivity index (χ0n) is 18.6. The first-order valence-electron chi connectivity index (χ1n) is 10.9. The highest BCUT2D eigenvalue weighted by Gasteiger charge is 2.52. The van der Waals surface area contributed by atoms with E-state index in [-0.39, 0.29) is 30.3 Å². The molecule has 0 spiro atoms. The smallest absolute Gasteiger partial charge is 0.304 e. The number of benzene rings is 2. The summed E-state index contributed by atoms with van der Waals surface area (Å²) in [5, 5.41) is 14.1. The lowest BCUT2D eigenvalue weighted by Crippen LogP contribution is -2.57. The fourth-order valence-electron chi connectivity index (χ4n) is 4.96. The molecule has 0 aromatic heterocycles. The van der Waals surface area contributed by atoms with Crippen molar-refractivity contribution in [2.45, 2.75) is 51.1 Å². The fourth-order valence-corrected chi connectivity index (χ4v) is 5.28. The number of aliphatic carboxylic acids is 1. The van der Waals surface area contributed by atoms with E-state index in [1.165, 1.54) is 0 Å². The number of amides is 1. The first kappa shape index (κ1) is 24.6. The van der Waals surface area contributed by atoms with Crippen molar-refractivity contribution in [2.24, 2.45) is 5.41 Å². The van der Waals surface area contributed by atoms with Gasteiger partial charge in [-0.2, -0.15) is 0 Å². The van der Waals surface area contributed by atoms with Crippen LogP contribution in [0.25, 0.3) is 0 Å². The average molecular weight is 477 g/mol. The molecule has 2 N–H and O–H groups in total. The number of carbonyl (C=O) groups excluding carboxylic acids is 1. The Morgan fingerprint density at radius 2 is 1.88 bits per heavy atom. The number of halogens is 2. The maximum Gasteiger partial charge on any atom is 0.304 e. The zero-order chi connectivity index (χ0) is 23.5. The van der Waals surface area contributed by atoms with Crippen molar-refractivity contribution in [1.82, 2.24) is 10.2 Å². The Hall–Kier alpha value is -2.08. The number of likely N-dealkylation sites (tertiary alicyclic amines) is 1. The van der Waals surface area contributed by atoms with Gasteiger partial charge < -0.3 is 15.3 Å². The van der Waals surface area contributed by atoms with Crippen LogP contribution >= 0.6 is 23.2 Å². The van der Waals surface area contributed by atoms with Crippen LogP contribution in [0, 0.1) is 5.41 Å². The summed E-state index contributed by atoms with van der Waals surface area (Å²) in [6.45, 7) is 4.43. The molecule has 1 aliphatic rings. The van der Waals surface area contributed by atoms with Gasteiger partial charge in [0.1, 0.15) is 0 Å². The molecule has 0 saturated carbocycles. The first-order chi connectivity index (χ1) is 15.2. The molecule has 0 radical (unpaired) electrons. The molecule has 1 heterocycles. The Kier molecular flexibility index (Phi) is 7.86. The van der Waals surface area contributed by atoms with E-state index in [9.17, 15) is 14.7 Å². The number of carboxylic acids is 1. The lowest BCUT2D eigenvalue weighted by molar-refractivity contribution is -0.160. The average Bonchev–Trinajstić information content (AvgIpc) is 2.74. The van der Waals surface area contributed by atoms with Crippen LogP contribution < -0.4 is 5.32 Å². The zero-order valence-corrected chi connectivity index (χ0v) is 20.2. The second-order valence-corrected chi connectivity index (χ2v) is 9.70. The van der Waals surface area contributed by atoms with Gasteiger partial charge in [0.2, 0.25) is 5.91 Å². The molecular formula is C25H30Cl2N2O3. The van der Waals surface area contributed by atoms with Crippen LogP contribution in [0.3, 0.4) is 0 Å². The van der Waals surface area contributed by atoms with Gasteiger partial charge in [-0.15, -0.1) is 0 Å². The monoisotopic (exact) mass is 476 g/mol. The topological polar surface area (TPSA) is 69.6 Å². The Morgan fingerprint density at radius 1 is 1.19 bits per heavy atom. The highest BCUT2D eigenvalue weighted by molar-refractivity contribution is 6.30. The number of piperidine rings is 1. The minimum Gasteiger partial charge on any atom is -0.481 e. The van der Waals surface area contributed by atoms with Gasteiger partial charge >= 0.3 is 5.97 Å². The number of nitrogens with one attached hydrogen (secondary N) is 1. The van der Waals surface area contributed by atoms with Gasteiger partial charge in [-0.1, -0.05) is 61.3 Å². The molecule has 3 rings (SSSR count). The molecule has 1 unspecified atom stereocenters. The Bertz CT molecular complexity index is 966. The molecular weight excluding hydrogens is 447 g/mol. The summed E-state index contributed by atoms with van der Waals surface area (Å²) in [5.74, 6) is -1.22. The van der Waals surface area contributed by atoms with Crippen LogP contribution in [0.4, 0.5) is 0 Å². The summed E-state index contributed by atoms with van der Waals surface area (Å²) in [4.78, 5) is 27.6. The third kappa shape index (κ3) is 5.11. The minimum atomic E-state index is -1.02. The van der Waals surface area contributed by atoms with E-state index in [2.05, 4.69) is 5.32 Å². The Morgan fingerprint density at radius 3 is 2.44 bits per heavy atom. The summed E-state index contributed by atoms with van der Waals surface area (Å²) in [6, 6.07) is 14.9. The Balaban J connectivity index is 2.22. The molecule has 1 saturated heterocycles. The van der Waals surface area contributed by atoms with Crippen molar-refractivity contribution in [3.05, 3.63) is 69.7 Å². The summed E-state index contributed by atoms with van der Waals surface area (Å²) in [6.07, 6.45) is 0.934. The molecule has 1 aliphatic heterocycles. The summed E-state index contributed by atoms with van der Waals surface area (Å²) in [7, 11) is 1.86. The van der Waals surface area contributed by atoms with Crippen LogP contribution in [0.5, 0.6) is 0 Å². The molecule has 5 nitrogen and oxygen atoms in total. The number of carbonyl (C=O) groups is 2. The second kappa shape index (κ2) is 10.2. The lowest BCUT2D eigenvalue weighted by atomic mass is 9.67. The van der Waals surface area contributed by atoms with Crippen molar-refractivity contribution < 1.29 is 14.7 Å². The van der Waals surface area contributed by atoms with Gasteiger partial charge in [-0.05, 0) is 55.3 Å². The molecule has 1 fully saturated rings. The van der Waals surface area contributed by atoms with E-state index < -0.39 is 11.4 Å². The molecule has 2 aromatic carbocycles. The maximum absolute atomic E-state index is 13.9. The third-order valence-corrected chi connectivity index (χ3v) is 6.92. The highest BCUT2D eigenvalue weighted by Crippen LogP contribution is 2.52. The highest BCUT2D eigenvalue weighted by atomic mass is 35.5. The minimum absolute atomic E-state index is 0.0942. The lowest BCUT2D eigenvalue weighted by Gasteiger charge is -2.52. The fraction of sp³-hybridized carbons (Fsp3) is 0.440. The molecule has 172 valence electrons. The van der Waals surface area contributed by atoms with E-state index >= 15 is 0 Å². The van der Waals surface area contributed by atoms with Crippen LogP contribution in [-0.2, 0) is 9.59 Å². The van der Waals surface area contributed by atoms with E-state index in [1.54, 1.807) is 6.92 Å². The van der Waals surface area contributed by atoms with Gasteiger partial charge in [-0.25, -0.2) is 0 Å². The maximum atomic E-state index is 13.9. The van der Waals surface area contributed by atoms with Crippen molar-refractivity contribution in [3.8, 4) is 0 Å². The molecule has 2 aromatic rings. The van der Waals surface area contributed by atoms with Crippen molar-refractivity contribution in [2.75, 3.05) is 13.6 Å². The van der Waals surface area contributed by atoms with Gasteiger partial charge in [0.15, 0.2) is 0 Å². The number of hydrogen-bond donors (Lipinski definition) is 2. The van der Waals surface area contributed by atoms with Gasteiger partial charge in [0, 0.05) is 28.5 Å². The number of nitrogens with zero attached hydrogens (tertiary/aromatic N) is 1. The molecule has 4 atom stereocenters. The molecule has 7 heteroatoms. The first-order valence-corrected chi connectivity index (χ1v) is 11.7. The van der Waals surface area contributed by atoms with Crippen LogP contribution in [0.15, 0.2) is 48.5 Å². The van der Waals surface area contributed by atoms with Crippen LogP contribution in [0.2, 0.25) is 10.0 Å². The molecule has 0 bridgehead atoms. The number of carboxylic acid groups (broad SMARTS) is 1. The van der Waals surface area contributed by atoms with Crippen molar-refractivity contribution in [3.63, 3.8) is 0 Å².